The molecule has 2 saturated heterocycles. The number of piperazine rings is 1. The first-order chi connectivity index (χ1) is 16.2. The van der Waals surface area contributed by atoms with Crippen LogP contribution in [0.2, 0.25) is 0 Å². The lowest BCUT2D eigenvalue weighted by Gasteiger charge is -2.34. The lowest BCUT2D eigenvalue weighted by molar-refractivity contribution is -0.117. The number of hydrogen-bond acceptors (Lipinski definition) is 5. The van der Waals surface area contributed by atoms with Crippen molar-refractivity contribution >= 4 is 34.5 Å². The van der Waals surface area contributed by atoms with Gasteiger partial charge in [0, 0.05) is 57.5 Å². The Morgan fingerprint density at radius 3 is 2.29 bits per heavy atom. The molecule has 34 heavy (non-hydrogen) atoms. The molecule has 0 aliphatic carbocycles. The summed E-state index contributed by atoms with van der Waals surface area (Å²) in [5, 5.41) is 9.78. The van der Waals surface area contributed by atoms with Gasteiger partial charge < -0.3 is 19.8 Å². The molecule has 0 saturated carbocycles. The van der Waals surface area contributed by atoms with E-state index in [9.17, 15) is 27.9 Å². The van der Waals surface area contributed by atoms with Crippen molar-refractivity contribution in [3.8, 4) is 5.69 Å². The average molecular weight is 474 g/mol. The molecule has 2 aliphatic heterocycles. The zero-order valence-electron chi connectivity index (χ0n) is 18.3. The van der Waals surface area contributed by atoms with Crippen LogP contribution in [0.1, 0.15) is 18.7 Å². The van der Waals surface area contributed by atoms with E-state index < -0.39 is 23.5 Å². The summed E-state index contributed by atoms with van der Waals surface area (Å²) in [5.41, 5.74) is 0.806. The van der Waals surface area contributed by atoms with Gasteiger partial charge in [-0.05, 0) is 13.3 Å². The number of aromatic nitrogens is 3. The van der Waals surface area contributed by atoms with Crippen molar-refractivity contribution in [1.29, 1.82) is 0 Å². The molecule has 1 N–H and O–H groups in total. The van der Waals surface area contributed by atoms with E-state index in [0.29, 0.717) is 60.8 Å². The van der Waals surface area contributed by atoms with Crippen LogP contribution < -0.4 is 9.80 Å². The van der Waals surface area contributed by atoms with Crippen molar-refractivity contribution in [3.63, 3.8) is 0 Å². The quantitative estimate of drug-likeness (QED) is 0.587. The predicted octanol–water partition coefficient (Wildman–Crippen LogP) is 3.07. The number of benzene rings is 1. The van der Waals surface area contributed by atoms with Crippen molar-refractivity contribution in [2.45, 2.75) is 19.8 Å². The van der Waals surface area contributed by atoms with Crippen LogP contribution in [-0.4, -0.2) is 69.3 Å². The van der Waals surface area contributed by atoms with E-state index in [-0.39, 0.29) is 24.7 Å². The van der Waals surface area contributed by atoms with Crippen LogP contribution in [0.4, 0.5) is 29.5 Å². The highest BCUT2D eigenvalue weighted by molar-refractivity contribution is 6.08. The zero-order chi connectivity index (χ0) is 24.1. The largest absolute Gasteiger partial charge is 0.465 e. The van der Waals surface area contributed by atoms with Crippen LogP contribution in [0.25, 0.3) is 16.7 Å². The van der Waals surface area contributed by atoms with E-state index >= 15 is 0 Å². The maximum Gasteiger partial charge on any atom is 0.407 e. The molecule has 0 bridgehead atoms. The Balaban J connectivity index is 1.71. The molecule has 2 aliphatic rings. The Bertz CT molecular complexity index is 1300. The first-order valence-corrected chi connectivity index (χ1v) is 10.8. The number of nitrogens with zero attached hydrogens (tertiary/aromatic N) is 6. The highest BCUT2D eigenvalue weighted by atomic mass is 19.2. The van der Waals surface area contributed by atoms with Gasteiger partial charge in [0.1, 0.15) is 11.6 Å². The number of carbonyl (C=O) groups excluding carboxylic acids is 1. The van der Waals surface area contributed by atoms with Crippen LogP contribution in [0, 0.1) is 24.4 Å². The number of amides is 2. The Labute approximate surface area is 192 Å². The van der Waals surface area contributed by atoms with Crippen LogP contribution >= 0.6 is 0 Å². The van der Waals surface area contributed by atoms with Crippen LogP contribution in [0.5, 0.6) is 0 Å². The number of halogens is 3. The van der Waals surface area contributed by atoms with Crippen molar-refractivity contribution < 1.29 is 27.9 Å². The molecular weight excluding hydrogens is 453 g/mol. The summed E-state index contributed by atoms with van der Waals surface area (Å²) in [4.78, 5) is 37.8. The van der Waals surface area contributed by atoms with Gasteiger partial charge in [-0.25, -0.2) is 27.9 Å². The number of rotatable bonds is 3. The van der Waals surface area contributed by atoms with Gasteiger partial charge >= 0.3 is 6.09 Å². The zero-order valence-corrected chi connectivity index (χ0v) is 18.3. The van der Waals surface area contributed by atoms with Crippen LogP contribution in [0.15, 0.2) is 18.3 Å². The lowest BCUT2D eigenvalue weighted by Crippen LogP contribution is -2.48. The maximum atomic E-state index is 14.1. The van der Waals surface area contributed by atoms with Crippen LogP contribution in [-0.2, 0) is 4.79 Å². The van der Waals surface area contributed by atoms with E-state index in [1.54, 1.807) is 18.0 Å². The van der Waals surface area contributed by atoms with Gasteiger partial charge in [0.05, 0.1) is 16.8 Å². The molecule has 0 unspecified atom stereocenters. The minimum absolute atomic E-state index is 0.0130. The molecule has 9 nitrogen and oxygen atoms in total. The minimum Gasteiger partial charge on any atom is -0.465 e. The molecule has 1 aromatic carbocycles. The van der Waals surface area contributed by atoms with Crippen molar-refractivity contribution in [3.05, 3.63) is 41.6 Å². The van der Waals surface area contributed by atoms with Gasteiger partial charge in [0.25, 0.3) is 0 Å². The SMILES string of the molecule is Cc1nc(N2CCN(C(=O)O)CC2)c2c(N3CCCC3=O)cn(-c3cc(F)c(F)c(F)c3)c2n1. The average Bonchev–Trinajstić information content (AvgIpc) is 3.39. The number of anilines is 2. The molecule has 2 fully saturated rings. The maximum absolute atomic E-state index is 14.1. The fourth-order valence-corrected chi connectivity index (χ4v) is 4.52. The van der Waals surface area contributed by atoms with Gasteiger partial charge in [-0.2, -0.15) is 0 Å². The predicted molar refractivity (Wildman–Crippen MR) is 117 cm³/mol. The fraction of sp³-hybridized carbons (Fsp3) is 0.364. The Hall–Kier alpha value is -3.83. The third-order valence-corrected chi connectivity index (χ3v) is 6.18. The minimum atomic E-state index is -1.57. The second-order valence-electron chi connectivity index (χ2n) is 8.31. The lowest BCUT2D eigenvalue weighted by atomic mass is 10.2. The first-order valence-electron chi connectivity index (χ1n) is 10.8. The molecule has 5 rings (SSSR count). The monoisotopic (exact) mass is 474 g/mol. The van der Waals surface area contributed by atoms with Gasteiger partial charge in [-0.1, -0.05) is 0 Å². The molecule has 4 heterocycles. The topological polar surface area (TPSA) is 94.8 Å². The smallest absolute Gasteiger partial charge is 0.407 e. The third-order valence-electron chi connectivity index (χ3n) is 6.18. The fourth-order valence-electron chi connectivity index (χ4n) is 4.52. The van der Waals surface area contributed by atoms with E-state index in [2.05, 4.69) is 9.97 Å². The molecular formula is C22H21F3N6O3. The molecule has 0 spiro atoms. The third kappa shape index (κ3) is 3.58. The van der Waals surface area contributed by atoms with Gasteiger partial charge in [0.2, 0.25) is 5.91 Å². The van der Waals surface area contributed by atoms with Gasteiger partial charge in [0.15, 0.2) is 23.1 Å². The van der Waals surface area contributed by atoms with E-state index in [4.69, 9.17) is 0 Å². The summed E-state index contributed by atoms with van der Waals surface area (Å²) in [6.45, 7) is 3.41. The number of hydrogen-bond donors (Lipinski definition) is 1. The van der Waals surface area contributed by atoms with Crippen molar-refractivity contribution in [2.24, 2.45) is 0 Å². The van der Waals surface area contributed by atoms with E-state index in [1.807, 2.05) is 4.90 Å². The summed E-state index contributed by atoms with van der Waals surface area (Å²) in [6.07, 6.45) is 1.58. The van der Waals surface area contributed by atoms with E-state index in [0.717, 1.165) is 12.1 Å². The van der Waals surface area contributed by atoms with Crippen LogP contribution in [0.3, 0.4) is 0 Å². The molecule has 178 valence electrons. The van der Waals surface area contributed by atoms with Crippen molar-refractivity contribution in [1.82, 2.24) is 19.4 Å². The summed E-state index contributed by atoms with van der Waals surface area (Å²) >= 11 is 0. The Morgan fingerprint density at radius 1 is 1.03 bits per heavy atom. The number of fused-ring (bicyclic) bond motifs is 1. The van der Waals surface area contributed by atoms with Gasteiger partial charge in [-0.15, -0.1) is 0 Å². The highest BCUT2D eigenvalue weighted by Crippen LogP contribution is 2.39. The number of aryl methyl sites for hydroxylation is 1. The first kappa shape index (κ1) is 22.0. The molecule has 0 radical (unpaired) electrons. The van der Waals surface area contributed by atoms with Crippen molar-refractivity contribution in [2.75, 3.05) is 42.5 Å². The summed E-state index contributed by atoms with van der Waals surface area (Å²) in [5.74, 6) is -3.47. The second-order valence-corrected chi connectivity index (χ2v) is 8.31. The van der Waals surface area contributed by atoms with Gasteiger partial charge in [-0.3, -0.25) is 9.36 Å². The summed E-state index contributed by atoms with van der Waals surface area (Å²) in [6, 6.07) is 1.74. The molecule has 12 heteroatoms. The standard InChI is InChI=1S/C22H21F3N6O3/c1-12-26-20(28-5-7-29(8-6-28)22(33)34)18-16(30-4-2-3-17(30)32)11-31(21(18)27-12)13-9-14(23)19(25)15(24)10-13/h9-11H,2-8H2,1H3,(H,33,34). The molecule has 3 aromatic rings. The normalized spacial score (nSPS) is 16.7. The summed E-state index contributed by atoms with van der Waals surface area (Å²) in [7, 11) is 0. The molecule has 0 atom stereocenters. The molecule has 2 aromatic heterocycles. The molecule has 2 amide bonds. The summed E-state index contributed by atoms with van der Waals surface area (Å²) < 4.78 is 43.2. The highest BCUT2D eigenvalue weighted by Gasteiger charge is 2.31. The Kier molecular flexibility index (Phi) is 5.29. The number of carboxylic acid groups (broad SMARTS) is 1. The number of carbonyl (C=O) groups is 2. The Morgan fingerprint density at radius 2 is 1.71 bits per heavy atom. The second kappa shape index (κ2) is 8.19. The van der Waals surface area contributed by atoms with E-state index in [1.165, 1.54) is 9.47 Å².